The Balaban J connectivity index is 2.13. The van der Waals surface area contributed by atoms with Crippen LogP contribution in [0.15, 0.2) is 23.1 Å². The van der Waals surface area contributed by atoms with Crippen molar-refractivity contribution in [3.8, 4) is 0 Å². The Kier molecular flexibility index (Phi) is 5.07. The van der Waals surface area contributed by atoms with Crippen LogP contribution in [0, 0.1) is 0 Å². The van der Waals surface area contributed by atoms with Crippen molar-refractivity contribution in [2.75, 3.05) is 31.7 Å². The predicted octanol–water partition coefficient (Wildman–Crippen LogP) is 2.55. The molecule has 2 rings (SSSR count). The number of nitrogens with one attached hydrogen (secondary N) is 1. The Labute approximate surface area is 124 Å². The molecule has 0 aliphatic carbocycles. The van der Waals surface area contributed by atoms with Crippen molar-refractivity contribution in [1.82, 2.24) is 4.90 Å². The van der Waals surface area contributed by atoms with Gasteiger partial charge in [0.1, 0.15) is 4.99 Å². The van der Waals surface area contributed by atoms with E-state index in [1.54, 1.807) is 11.8 Å². The fourth-order valence-electron chi connectivity index (χ4n) is 2.57. The van der Waals surface area contributed by atoms with Gasteiger partial charge in [0.05, 0.1) is 0 Å². The molecule has 1 aromatic rings. The second-order valence-electron chi connectivity index (χ2n) is 4.90. The fraction of sp³-hybridized carbons (Fsp3) is 0.500. The molecular weight excluding hydrogens is 274 g/mol. The zero-order chi connectivity index (χ0) is 13.8. The van der Waals surface area contributed by atoms with Crippen LogP contribution < -0.4 is 11.1 Å². The van der Waals surface area contributed by atoms with Crippen molar-refractivity contribution in [2.45, 2.75) is 23.8 Å². The summed E-state index contributed by atoms with van der Waals surface area (Å²) < 4.78 is 0. The van der Waals surface area contributed by atoms with Crippen LogP contribution in [0.3, 0.4) is 0 Å². The first-order valence-electron chi connectivity index (χ1n) is 6.54. The molecule has 0 saturated carbocycles. The van der Waals surface area contributed by atoms with Crippen molar-refractivity contribution in [3.05, 3.63) is 23.8 Å². The summed E-state index contributed by atoms with van der Waals surface area (Å²) in [5, 5.41) is 3.52. The van der Waals surface area contributed by atoms with Crippen LogP contribution >= 0.6 is 24.0 Å². The highest BCUT2D eigenvalue weighted by atomic mass is 32.2. The molecule has 1 fully saturated rings. The Morgan fingerprint density at radius 3 is 2.95 bits per heavy atom. The number of likely N-dealkylation sites (N-methyl/N-ethyl adjacent to an activating group) is 1. The number of thiocarbonyl (C=S) groups is 1. The molecule has 0 radical (unpaired) electrons. The fourth-order valence-corrected chi connectivity index (χ4v) is 3.49. The largest absolute Gasteiger partial charge is 0.389 e. The van der Waals surface area contributed by atoms with E-state index in [1.165, 1.54) is 19.4 Å². The van der Waals surface area contributed by atoms with E-state index in [-0.39, 0.29) is 0 Å². The van der Waals surface area contributed by atoms with Crippen LogP contribution in [0.5, 0.6) is 0 Å². The quantitative estimate of drug-likeness (QED) is 0.645. The SMILES string of the molecule is CSc1cccc(NCC2CCCN2C)c1C(N)=S. The molecule has 104 valence electrons. The Hall–Kier alpha value is -0.780. The van der Waals surface area contributed by atoms with Gasteiger partial charge in [-0.25, -0.2) is 0 Å². The molecule has 3 N–H and O–H groups in total. The first-order chi connectivity index (χ1) is 9.13. The average Bonchev–Trinajstić information content (AvgIpc) is 2.81. The maximum absolute atomic E-state index is 5.87. The smallest absolute Gasteiger partial charge is 0.107 e. The number of nitrogens with zero attached hydrogens (tertiary/aromatic N) is 1. The summed E-state index contributed by atoms with van der Waals surface area (Å²) in [7, 11) is 2.19. The van der Waals surface area contributed by atoms with Gasteiger partial charge in [-0.15, -0.1) is 11.8 Å². The number of thioether (sulfide) groups is 1. The highest BCUT2D eigenvalue weighted by Gasteiger charge is 2.21. The van der Waals surface area contributed by atoms with Gasteiger partial charge in [0.15, 0.2) is 0 Å². The second-order valence-corrected chi connectivity index (χ2v) is 6.19. The molecule has 1 heterocycles. The minimum absolute atomic E-state index is 0.465. The third-order valence-electron chi connectivity index (χ3n) is 3.69. The first-order valence-corrected chi connectivity index (χ1v) is 8.17. The van der Waals surface area contributed by atoms with E-state index >= 15 is 0 Å². The Morgan fingerprint density at radius 1 is 1.58 bits per heavy atom. The lowest BCUT2D eigenvalue weighted by Gasteiger charge is -2.22. The lowest BCUT2D eigenvalue weighted by Crippen LogP contribution is -2.32. The molecule has 0 amide bonds. The molecule has 0 spiro atoms. The van der Waals surface area contributed by atoms with Crippen molar-refractivity contribution >= 4 is 34.7 Å². The van der Waals surface area contributed by atoms with E-state index < -0.39 is 0 Å². The van der Waals surface area contributed by atoms with E-state index in [2.05, 4.69) is 29.4 Å². The molecule has 1 saturated heterocycles. The molecular formula is C14H21N3S2. The standard InChI is InChI=1S/C14H21N3S2/c1-17-8-4-5-10(17)9-16-11-6-3-7-12(19-2)13(11)14(15)18/h3,6-7,10,16H,4-5,8-9H2,1-2H3,(H2,15,18). The van der Waals surface area contributed by atoms with Crippen LogP contribution in [-0.4, -0.2) is 42.3 Å². The van der Waals surface area contributed by atoms with Crippen molar-refractivity contribution in [1.29, 1.82) is 0 Å². The van der Waals surface area contributed by atoms with Gasteiger partial charge in [-0.1, -0.05) is 18.3 Å². The van der Waals surface area contributed by atoms with Crippen molar-refractivity contribution in [3.63, 3.8) is 0 Å². The Morgan fingerprint density at radius 2 is 2.37 bits per heavy atom. The van der Waals surface area contributed by atoms with Crippen LogP contribution in [0.2, 0.25) is 0 Å². The first kappa shape index (κ1) is 14.6. The van der Waals surface area contributed by atoms with Crippen LogP contribution in [0.1, 0.15) is 18.4 Å². The van der Waals surface area contributed by atoms with E-state index in [0.29, 0.717) is 11.0 Å². The molecule has 0 bridgehead atoms. The van der Waals surface area contributed by atoms with Crippen LogP contribution in [0.25, 0.3) is 0 Å². The van der Waals surface area contributed by atoms with E-state index in [9.17, 15) is 0 Å². The van der Waals surface area contributed by atoms with Gasteiger partial charge >= 0.3 is 0 Å². The minimum Gasteiger partial charge on any atom is -0.389 e. The zero-order valence-corrected chi connectivity index (χ0v) is 13.1. The van der Waals surface area contributed by atoms with Crippen molar-refractivity contribution in [2.24, 2.45) is 5.73 Å². The molecule has 1 aliphatic rings. The summed E-state index contributed by atoms with van der Waals surface area (Å²) in [6.07, 6.45) is 4.59. The number of likely N-dealkylation sites (tertiary alicyclic amines) is 1. The number of anilines is 1. The third kappa shape index (κ3) is 3.41. The summed E-state index contributed by atoms with van der Waals surface area (Å²) in [4.78, 5) is 4.01. The summed E-state index contributed by atoms with van der Waals surface area (Å²) >= 11 is 6.87. The van der Waals surface area contributed by atoms with Crippen LogP contribution in [0.4, 0.5) is 5.69 Å². The Bertz CT molecular complexity index is 462. The number of nitrogens with two attached hydrogens (primary N) is 1. The number of hydrogen-bond acceptors (Lipinski definition) is 4. The van der Waals surface area contributed by atoms with Crippen molar-refractivity contribution < 1.29 is 0 Å². The summed E-state index contributed by atoms with van der Waals surface area (Å²) in [5.74, 6) is 0. The third-order valence-corrected chi connectivity index (χ3v) is 4.68. The lowest BCUT2D eigenvalue weighted by atomic mass is 10.1. The normalized spacial score (nSPS) is 19.6. The highest BCUT2D eigenvalue weighted by molar-refractivity contribution is 7.98. The van der Waals surface area contributed by atoms with Crippen LogP contribution in [-0.2, 0) is 0 Å². The molecule has 5 heteroatoms. The van der Waals surface area contributed by atoms with Gasteiger partial charge in [0.2, 0.25) is 0 Å². The van der Waals surface area contributed by atoms with Gasteiger partial charge in [-0.3, -0.25) is 0 Å². The summed E-state index contributed by atoms with van der Waals surface area (Å²) in [5.41, 5.74) is 7.90. The maximum atomic E-state index is 5.87. The number of hydrogen-bond donors (Lipinski definition) is 2. The van der Waals surface area contributed by atoms with Gasteiger partial charge in [0.25, 0.3) is 0 Å². The van der Waals surface area contributed by atoms with Gasteiger partial charge in [0, 0.05) is 28.7 Å². The van der Waals surface area contributed by atoms with Gasteiger partial charge in [-0.2, -0.15) is 0 Å². The topological polar surface area (TPSA) is 41.3 Å². The molecule has 1 aromatic carbocycles. The average molecular weight is 295 g/mol. The van der Waals surface area contributed by atoms with E-state index in [1.807, 2.05) is 12.3 Å². The second kappa shape index (κ2) is 6.59. The molecule has 1 atom stereocenters. The molecule has 0 aromatic heterocycles. The highest BCUT2D eigenvalue weighted by Crippen LogP contribution is 2.27. The summed E-state index contributed by atoms with van der Waals surface area (Å²) in [6, 6.07) is 6.78. The monoisotopic (exact) mass is 295 g/mol. The minimum atomic E-state index is 0.465. The van der Waals surface area contributed by atoms with Gasteiger partial charge < -0.3 is 16.0 Å². The predicted molar refractivity (Wildman–Crippen MR) is 88.3 cm³/mol. The lowest BCUT2D eigenvalue weighted by molar-refractivity contribution is 0.322. The van der Waals surface area contributed by atoms with E-state index in [4.69, 9.17) is 18.0 Å². The number of benzene rings is 1. The molecule has 1 unspecified atom stereocenters. The van der Waals surface area contributed by atoms with Gasteiger partial charge in [-0.05, 0) is 44.8 Å². The molecule has 1 aliphatic heterocycles. The zero-order valence-electron chi connectivity index (χ0n) is 11.5. The maximum Gasteiger partial charge on any atom is 0.107 e. The molecule has 3 nitrogen and oxygen atoms in total. The molecule has 19 heavy (non-hydrogen) atoms. The van der Waals surface area contributed by atoms with E-state index in [0.717, 1.165) is 22.7 Å². The summed E-state index contributed by atoms with van der Waals surface area (Å²) in [6.45, 7) is 2.14. The number of rotatable bonds is 5.